The molecule has 0 saturated heterocycles. The highest BCUT2D eigenvalue weighted by molar-refractivity contribution is 7.14. The number of amides is 1. The number of anilines is 1. The molecule has 1 unspecified atom stereocenters. The molecule has 0 aliphatic carbocycles. The molecule has 8 heteroatoms. The van der Waals surface area contributed by atoms with E-state index in [1.54, 1.807) is 13.1 Å². The third-order valence-electron chi connectivity index (χ3n) is 4.21. The lowest BCUT2D eigenvalue weighted by molar-refractivity contribution is -0.147. The van der Waals surface area contributed by atoms with Crippen LogP contribution in [0.2, 0.25) is 5.02 Å². The number of aromatic nitrogens is 1. The molecule has 1 atom stereocenters. The summed E-state index contributed by atoms with van der Waals surface area (Å²) in [6.45, 7) is -0.556. The first-order chi connectivity index (χ1) is 14.0. The predicted molar refractivity (Wildman–Crippen MR) is 113 cm³/mol. The Hall–Kier alpha value is -2.74. The van der Waals surface area contributed by atoms with Crippen LogP contribution >= 0.6 is 22.9 Å². The minimum atomic E-state index is -1.13. The first-order valence-electron chi connectivity index (χ1n) is 8.81. The molecule has 0 fully saturated rings. The number of nitrogens with zero attached hydrogens (tertiary/aromatic N) is 2. The first kappa shape index (κ1) is 21.0. The summed E-state index contributed by atoms with van der Waals surface area (Å²) in [5.74, 6) is -1.50. The molecule has 150 valence electrons. The van der Waals surface area contributed by atoms with Crippen LogP contribution in [0.1, 0.15) is 5.56 Å². The maximum Gasteiger partial charge on any atom is 0.329 e. The van der Waals surface area contributed by atoms with Gasteiger partial charge in [0.15, 0.2) is 5.13 Å². The Balaban J connectivity index is 1.79. The van der Waals surface area contributed by atoms with Gasteiger partial charge in [-0.05, 0) is 11.6 Å². The lowest BCUT2D eigenvalue weighted by Gasteiger charge is -2.22. The van der Waals surface area contributed by atoms with Crippen molar-refractivity contribution in [2.24, 2.45) is 0 Å². The number of halogens is 1. The summed E-state index contributed by atoms with van der Waals surface area (Å²) in [7, 11) is 1.60. The van der Waals surface area contributed by atoms with Crippen molar-refractivity contribution in [1.82, 2.24) is 4.98 Å². The summed E-state index contributed by atoms with van der Waals surface area (Å²) in [6, 6.07) is 16.6. The Morgan fingerprint density at radius 2 is 1.86 bits per heavy atom. The van der Waals surface area contributed by atoms with Crippen molar-refractivity contribution >= 4 is 39.9 Å². The number of benzene rings is 2. The van der Waals surface area contributed by atoms with E-state index >= 15 is 0 Å². The molecule has 1 heterocycles. The zero-order valence-corrected chi connectivity index (χ0v) is 17.2. The lowest BCUT2D eigenvalue weighted by atomic mass is 10.1. The Morgan fingerprint density at radius 3 is 2.55 bits per heavy atom. The number of rotatable bonds is 8. The van der Waals surface area contributed by atoms with E-state index in [0.29, 0.717) is 15.8 Å². The molecule has 0 radical (unpaired) electrons. The fourth-order valence-electron chi connectivity index (χ4n) is 2.74. The Labute approximate surface area is 177 Å². The van der Waals surface area contributed by atoms with Gasteiger partial charge in [0, 0.05) is 29.4 Å². The lowest BCUT2D eigenvalue weighted by Crippen LogP contribution is -2.40. The molecule has 0 spiro atoms. The quantitative estimate of drug-likeness (QED) is 0.581. The molecule has 3 aromatic rings. The smallest absolute Gasteiger partial charge is 0.329 e. The fraction of sp³-hybridized carbons (Fsp3) is 0.190. The van der Waals surface area contributed by atoms with Crippen LogP contribution in [0, 0.1) is 0 Å². The topological polar surface area (TPSA) is 79.7 Å². The monoisotopic (exact) mass is 430 g/mol. The minimum Gasteiger partial charge on any atom is -0.480 e. The molecular formula is C21H19ClN2O4S. The van der Waals surface area contributed by atoms with Crippen molar-refractivity contribution in [3.63, 3.8) is 0 Å². The minimum absolute atomic E-state index is 0.264. The molecule has 0 saturated carbocycles. The predicted octanol–water partition coefficient (Wildman–Crippen LogP) is 4.14. The van der Waals surface area contributed by atoms with Crippen LogP contribution in [0.4, 0.5) is 5.13 Å². The summed E-state index contributed by atoms with van der Waals surface area (Å²) in [4.78, 5) is 29.9. The molecule has 29 heavy (non-hydrogen) atoms. The van der Waals surface area contributed by atoms with Crippen molar-refractivity contribution in [2.75, 3.05) is 18.6 Å². The van der Waals surface area contributed by atoms with Gasteiger partial charge in [0.2, 0.25) is 0 Å². The number of thiazole rings is 1. The maximum atomic E-state index is 13.0. The summed E-state index contributed by atoms with van der Waals surface area (Å²) >= 11 is 7.53. The molecule has 6 nitrogen and oxygen atoms in total. The number of carbonyl (C=O) groups is 2. The van der Waals surface area contributed by atoms with Crippen LogP contribution in [0.15, 0.2) is 60.0 Å². The highest BCUT2D eigenvalue weighted by Gasteiger charge is 2.27. The van der Waals surface area contributed by atoms with Gasteiger partial charge in [0.25, 0.3) is 5.91 Å². The van der Waals surface area contributed by atoms with Crippen LogP contribution in [-0.2, 0) is 20.7 Å². The highest BCUT2D eigenvalue weighted by Crippen LogP contribution is 2.31. The summed E-state index contributed by atoms with van der Waals surface area (Å²) in [5.41, 5.74) is 2.32. The zero-order chi connectivity index (χ0) is 20.8. The van der Waals surface area contributed by atoms with Gasteiger partial charge < -0.3 is 9.84 Å². The second-order valence-corrected chi connectivity index (χ2v) is 7.52. The number of hydrogen-bond donors (Lipinski definition) is 1. The molecule has 1 aromatic heterocycles. The molecule has 3 rings (SSSR count). The van der Waals surface area contributed by atoms with Crippen molar-refractivity contribution in [2.45, 2.75) is 12.5 Å². The largest absolute Gasteiger partial charge is 0.480 e. The molecule has 2 aromatic carbocycles. The molecule has 1 amide bonds. The number of hydrogen-bond acceptors (Lipinski definition) is 5. The van der Waals surface area contributed by atoms with Gasteiger partial charge in [0.05, 0.1) is 5.69 Å². The summed E-state index contributed by atoms with van der Waals surface area (Å²) in [6.07, 6.45) is -0.675. The summed E-state index contributed by atoms with van der Waals surface area (Å²) in [5, 5.41) is 11.8. The van der Waals surface area contributed by atoms with E-state index in [1.165, 1.54) is 16.2 Å². The van der Waals surface area contributed by atoms with Gasteiger partial charge in [-0.2, -0.15) is 0 Å². The average molecular weight is 431 g/mol. The van der Waals surface area contributed by atoms with Crippen LogP contribution in [0.5, 0.6) is 0 Å². The maximum absolute atomic E-state index is 13.0. The first-order valence-corrected chi connectivity index (χ1v) is 10.1. The van der Waals surface area contributed by atoms with Crippen molar-refractivity contribution in [3.8, 4) is 11.3 Å². The normalized spacial score (nSPS) is 11.8. The molecular weight excluding hydrogens is 412 g/mol. The SMILES string of the molecule is CN(C(=O)C(Cc1ccccc1)OCC(=O)O)c1nc(-c2ccccc2Cl)cs1. The number of carboxylic acids is 1. The van der Waals surface area contributed by atoms with Crippen LogP contribution in [0.25, 0.3) is 11.3 Å². The van der Waals surface area contributed by atoms with E-state index in [-0.39, 0.29) is 12.3 Å². The second-order valence-electron chi connectivity index (χ2n) is 6.28. The molecule has 0 bridgehead atoms. The molecule has 1 N–H and O–H groups in total. The van der Waals surface area contributed by atoms with E-state index in [1.807, 2.05) is 53.9 Å². The summed E-state index contributed by atoms with van der Waals surface area (Å²) < 4.78 is 5.39. The van der Waals surface area contributed by atoms with Gasteiger partial charge in [-0.25, -0.2) is 9.78 Å². The number of carboxylic acid groups (broad SMARTS) is 1. The third kappa shape index (κ3) is 5.41. The Morgan fingerprint density at radius 1 is 1.17 bits per heavy atom. The number of carbonyl (C=O) groups excluding carboxylic acids is 1. The van der Waals surface area contributed by atoms with Gasteiger partial charge in [-0.15, -0.1) is 11.3 Å². The van der Waals surface area contributed by atoms with Crippen LogP contribution < -0.4 is 4.90 Å². The van der Waals surface area contributed by atoms with Gasteiger partial charge in [0.1, 0.15) is 12.7 Å². The van der Waals surface area contributed by atoms with E-state index in [4.69, 9.17) is 21.4 Å². The standard InChI is InChI=1S/C21H19ClN2O4S/c1-24(21-23-17(13-29-21)15-9-5-6-10-16(15)22)20(27)18(28-12-19(25)26)11-14-7-3-2-4-8-14/h2-10,13,18H,11-12H2,1H3,(H,25,26). The van der Waals surface area contributed by atoms with Gasteiger partial charge >= 0.3 is 5.97 Å². The third-order valence-corrected chi connectivity index (χ3v) is 5.45. The number of likely N-dealkylation sites (N-methyl/N-ethyl adjacent to an activating group) is 1. The molecule has 0 aliphatic rings. The van der Waals surface area contributed by atoms with Gasteiger partial charge in [-0.1, -0.05) is 60.1 Å². The van der Waals surface area contributed by atoms with Crippen LogP contribution in [-0.4, -0.2) is 41.7 Å². The number of ether oxygens (including phenoxy) is 1. The zero-order valence-electron chi connectivity index (χ0n) is 15.6. The van der Waals surface area contributed by atoms with E-state index in [2.05, 4.69) is 4.98 Å². The Bertz CT molecular complexity index is 993. The van der Waals surface area contributed by atoms with Crippen molar-refractivity contribution in [3.05, 3.63) is 70.6 Å². The van der Waals surface area contributed by atoms with Gasteiger partial charge in [-0.3, -0.25) is 9.69 Å². The Kier molecular flexibility index (Phi) is 6.98. The van der Waals surface area contributed by atoms with Crippen molar-refractivity contribution in [1.29, 1.82) is 0 Å². The van der Waals surface area contributed by atoms with E-state index in [9.17, 15) is 9.59 Å². The highest BCUT2D eigenvalue weighted by atomic mass is 35.5. The number of aliphatic carboxylic acids is 1. The van der Waals surface area contributed by atoms with E-state index in [0.717, 1.165) is 11.1 Å². The average Bonchev–Trinajstić information content (AvgIpc) is 3.21. The second kappa shape index (κ2) is 9.65. The van der Waals surface area contributed by atoms with E-state index < -0.39 is 18.7 Å². The molecule has 0 aliphatic heterocycles. The fourth-order valence-corrected chi connectivity index (χ4v) is 3.77. The van der Waals surface area contributed by atoms with Crippen molar-refractivity contribution < 1.29 is 19.4 Å². The van der Waals surface area contributed by atoms with Crippen LogP contribution in [0.3, 0.4) is 0 Å².